The number of aromatic amines is 1. The Kier molecular flexibility index (Phi) is 4.22. The number of rotatable bonds is 4. The summed E-state index contributed by atoms with van der Waals surface area (Å²) in [6, 6.07) is 10.00. The van der Waals surface area contributed by atoms with Crippen molar-refractivity contribution in [1.29, 1.82) is 0 Å². The number of aromatic nitrogens is 3. The van der Waals surface area contributed by atoms with Gasteiger partial charge in [-0.2, -0.15) is 4.98 Å². The minimum absolute atomic E-state index is 0.0757. The molecule has 1 aromatic carbocycles. The summed E-state index contributed by atoms with van der Waals surface area (Å²) in [5.74, 6) is 1.03. The third kappa shape index (κ3) is 3.55. The highest BCUT2D eigenvalue weighted by Gasteiger charge is 2.22. The van der Waals surface area contributed by atoms with Gasteiger partial charge >= 0.3 is 0 Å². The van der Waals surface area contributed by atoms with Crippen LogP contribution in [0.1, 0.15) is 18.4 Å². The molecule has 7 heteroatoms. The van der Waals surface area contributed by atoms with Crippen molar-refractivity contribution in [3.05, 3.63) is 35.9 Å². The molecule has 2 aromatic rings. The van der Waals surface area contributed by atoms with Gasteiger partial charge in [-0.05, 0) is 18.4 Å². The standard InChI is InChI=1S/C15H20N6O/c16-14-18-15(20-19-14)21-8-6-12(7-9-21)17-13(22)10-11-4-2-1-3-5-11/h1-5,12H,6-10H2,(H,17,22)(H3,16,18,19,20). The number of nitrogens with zero attached hydrogens (tertiary/aromatic N) is 3. The molecule has 1 fully saturated rings. The second-order valence-electron chi connectivity index (χ2n) is 5.51. The Morgan fingerprint density at radius 2 is 2.05 bits per heavy atom. The Morgan fingerprint density at radius 3 is 2.68 bits per heavy atom. The molecule has 4 N–H and O–H groups in total. The number of carbonyl (C=O) groups is 1. The van der Waals surface area contributed by atoms with Crippen molar-refractivity contribution in [2.24, 2.45) is 0 Å². The first kappa shape index (κ1) is 14.4. The Labute approximate surface area is 128 Å². The molecule has 1 aliphatic rings. The van der Waals surface area contributed by atoms with E-state index in [1.54, 1.807) is 0 Å². The monoisotopic (exact) mass is 300 g/mol. The molecule has 0 bridgehead atoms. The predicted molar refractivity (Wildman–Crippen MR) is 84.3 cm³/mol. The number of H-pyrrole nitrogens is 1. The van der Waals surface area contributed by atoms with Crippen LogP contribution in [0, 0.1) is 0 Å². The average Bonchev–Trinajstić information content (AvgIpc) is 2.95. The highest BCUT2D eigenvalue weighted by Crippen LogP contribution is 2.16. The summed E-state index contributed by atoms with van der Waals surface area (Å²) in [7, 11) is 0. The van der Waals surface area contributed by atoms with Crippen LogP contribution in [0.4, 0.5) is 11.9 Å². The molecule has 3 rings (SSSR count). The van der Waals surface area contributed by atoms with Gasteiger partial charge in [0.05, 0.1) is 6.42 Å². The Bertz CT molecular complexity index is 618. The molecule has 0 saturated carbocycles. The van der Waals surface area contributed by atoms with Gasteiger partial charge in [-0.25, -0.2) is 5.10 Å². The van der Waals surface area contributed by atoms with Crippen LogP contribution in [0.5, 0.6) is 0 Å². The zero-order chi connectivity index (χ0) is 15.4. The van der Waals surface area contributed by atoms with Crippen LogP contribution < -0.4 is 16.0 Å². The SMILES string of the molecule is Nc1nc(N2CCC(NC(=O)Cc3ccccc3)CC2)n[nH]1. The number of piperidine rings is 1. The van der Waals surface area contributed by atoms with E-state index in [2.05, 4.69) is 25.4 Å². The maximum atomic E-state index is 12.1. The van der Waals surface area contributed by atoms with Gasteiger partial charge in [0, 0.05) is 19.1 Å². The fourth-order valence-corrected chi connectivity index (χ4v) is 2.69. The third-order valence-electron chi connectivity index (χ3n) is 3.84. The molecule has 116 valence electrons. The molecule has 0 spiro atoms. The highest BCUT2D eigenvalue weighted by atomic mass is 16.1. The van der Waals surface area contributed by atoms with E-state index in [9.17, 15) is 4.79 Å². The number of hydrogen-bond acceptors (Lipinski definition) is 5. The van der Waals surface area contributed by atoms with E-state index < -0.39 is 0 Å². The van der Waals surface area contributed by atoms with Crippen molar-refractivity contribution in [2.75, 3.05) is 23.7 Å². The summed E-state index contributed by atoms with van der Waals surface area (Å²) in [6.45, 7) is 1.63. The van der Waals surface area contributed by atoms with E-state index in [0.29, 0.717) is 18.3 Å². The van der Waals surface area contributed by atoms with E-state index in [0.717, 1.165) is 31.5 Å². The number of anilines is 2. The molecule has 1 aromatic heterocycles. The molecule has 0 aliphatic carbocycles. The third-order valence-corrected chi connectivity index (χ3v) is 3.84. The van der Waals surface area contributed by atoms with E-state index >= 15 is 0 Å². The first-order valence-electron chi connectivity index (χ1n) is 7.47. The van der Waals surface area contributed by atoms with E-state index in [-0.39, 0.29) is 11.9 Å². The van der Waals surface area contributed by atoms with E-state index in [1.165, 1.54) is 0 Å². The smallest absolute Gasteiger partial charge is 0.246 e. The molecule has 7 nitrogen and oxygen atoms in total. The minimum Gasteiger partial charge on any atom is -0.368 e. The number of nitrogens with one attached hydrogen (secondary N) is 2. The summed E-state index contributed by atoms with van der Waals surface area (Å²) in [4.78, 5) is 18.3. The summed E-state index contributed by atoms with van der Waals surface area (Å²) >= 11 is 0. The van der Waals surface area contributed by atoms with Gasteiger partial charge in [-0.15, -0.1) is 5.10 Å². The van der Waals surface area contributed by atoms with Gasteiger partial charge in [0.15, 0.2) is 0 Å². The van der Waals surface area contributed by atoms with Crippen LogP contribution in [-0.2, 0) is 11.2 Å². The number of benzene rings is 1. The Hall–Kier alpha value is -2.57. The van der Waals surface area contributed by atoms with Crippen molar-refractivity contribution in [3.8, 4) is 0 Å². The van der Waals surface area contributed by atoms with Gasteiger partial charge in [0.1, 0.15) is 0 Å². The summed E-state index contributed by atoms with van der Waals surface area (Å²) in [6.07, 6.45) is 2.20. The lowest BCUT2D eigenvalue weighted by Gasteiger charge is -2.31. The summed E-state index contributed by atoms with van der Waals surface area (Å²) in [5.41, 5.74) is 6.57. The van der Waals surface area contributed by atoms with Crippen LogP contribution >= 0.6 is 0 Å². The van der Waals surface area contributed by atoms with E-state index in [4.69, 9.17) is 5.73 Å². The van der Waals surface area contributed by atoms with E-state index in [1.807, 2.05) is 30.3 Å². The number of amides is 1. The van der Waals surface area contributed by atoms with Gasteiger partial charge in [0.2, 0.25) is 17.8 Å². The van der Waals surface area contributed by atoms with Gasteiger partial charge in [-0.1, -0.05) is 30.3 Å². The lowest BCUT2D eigenvalue weighted by molar-refractivity contribution is -0.121. The van der Waals surface area contributed by atoms with Crippen LogP contribution in [0.15, 0.2) is 30.3 Å². The molecule has 0 atom stereocenters. The molecule has 0 radical (unpaired) electrons. The number of hydrogen-bond donors (Lipinski definition) is 3. The largest absolute Gasteiger partial charge is 0.368 e. The number of nitrogen functional groups attached to an aromatic ring is 1. The lowest BCUT2D eigenvalue weighted by atomic mass is 10.0. The first-order valence-corrected chi connectivity index (χ1v) is 7.47. The van der Waals surface area contributed by atoms with Crippen molar-refractivity contribution >= 4 is 17.8 Å². The molecular weight excluding hydrogens is 280 g/mol. The van der Waals surface area contributed by atoms with Crippen molar-refractivity contribution in [3.63, 3.8) is 0 Å². The van der Waals surface area contributed by atoms with Crippen LogP contribution in [0.3, 0.4) is 0 Å². The van der Waals surface area contributed by atoms with Crippen molar-refractivity contribution in [1.82, 2.24) is 20.5 Å². The topological polar surface area (TPSA) is 99.9 Å². The number of nitrogens with two attached hydrogens (primary N) is 1. The van der Waals surface area contributed by atoms with Gasteiger partial charge in [-0.3, -0.25) is 4.79 Å². The lowest BCUT2D eigenvalue weighted by Crippen LogP contribution is -2.45. The maximum Gasteiger partial charge on any atom is 0.246 e. The Morgan fingerprint density at radius 1 is 1.32 bits per heavy atom. The van der Waals surface area contributed by atoms with Gasteiger partial charge < -0.3 is 16.0 Å². The van der Waals surface area contributed by atoms with Crippen molar-refractivity contribution in [2.45, 2.75) is 25.3 Å². The predicted octanol–water partition coefficient (Wildman–Crippen LogP) is 0.715. The average molecular weight is 300 g/mol. The fourth-order valence-electron chi connectivity index (χ4n) is 2.69. The minimum atomic E-state index is 0.0757. The quantitative estimate of drug-likeness (QED) is 0.772. The molecule has 1 aliphatic heterocycles. The number of carbonyl (C=O) groups excluding carboxylic acids is 1. The molecule has 1 amide bonds. The van der Waals surface area contributed by atoms with Crippen LogP contribution in [0.25, 0.3) is 0 Å². The second-order valence-corrected chi connectivity index (χ2v) is 5.51. The highest BCUT2D eigenvalue weighted by molar-refractivity contribution is 5.78. The zero-order valence-corrected chi connectivity index (χ0v) is 12.3. The normalized spacial score (nSPS) is 15.7. The fraction of sp³-hybridized carbons (Fsp3) is 0.400. The summed E-state index contributed by atoms with van der Waals surface area (Å²) < 4.78 is 0. The summed E-state index contributed by atoms with van der Waals surface area (Å²) in [5, 5.41) is 9.81. The second kappa shape index (κ2) is 6.46. The first-order chi connectivity index (χ1) is 10.7. The maximum absolute atomic E-state index is 12.1. The molecule has 1 saturated heterocycles. The zero-order valence-electron chi connectivity index (χ0n) is 12.3. The Balaban J connectivity index is 1.46. The van der Waals surface area contributed by atoms with Gasteiger partial charge in [0.25, 0.3) is 0 Å². The van der Waals surface area contributed by atoms with Crippen LogP contribution in [-0.4, -0.2) is 40.2 Å². The van der Waals surface area contributed by atoms with Crippen molar-refractivity contribution < 1.29 is 4.79 Å². The molecule has 2 heterocycles. The van der Waals surface area contributed by atoms with Crippen LogP contribution in [0.2, 0.25) is 0 Å². The molecule has 0 unspecified atom stereocenters. The molecule has 22 heavy (non-hydrogen) atoms. The molecular formula is C15H20N6O.